The molecule has 3 N–H and O–H groups in total. The van der Waals surface area contributed by atoms with Crippen LogP contribution in [0.1, 0.15) is 18.4 Å². The summed E-state index contributed by atoms with van der Waals surface area (Å²) in [6.45, 7) is 3.69. The number of aryl methyl sites for hydroxylation is 1. The molecule has 0 bridgehead atoms. The number of benzene rings is 1. The van der Waals surface area contributed by atoms with Crippen molar-refractivity contribution in [3.05, 3.63) is 22.7 Å². The lowest BCUT2D eigenvalue weighted by Crippen LogP contribution is -2.06. The lowest BCUT2D eigenvalue weighted by molar-refractivity contribution is 0.415. The second kappa shape index (κ2) is 6.61. The van der Waals surface area contributed by atoms with Gasteiger partial charge in [0.25, 0.3) is 0 Å². The van der Waals surface area contributed by atoms with Crippen molar-refractivity contribution >= 4 is 17.3 Å². The van der Waals surface area contributed by atoms with Gasteiger partial charge in [-0.1, -0.05) is 11.6 Å². The first kappa shape index (κ1) is 13.1. The van der Waals surface area contributed by atoms with Crippen molar-refractivity contribution in [1.29, 1.82) is 0 Å². The Morgan fingerprint density at radius 3 is 2.75 bits per heavy atom. The van der Waals surface area contributed by atoms with E-state index in [2.05, 4.69) is 5.32 Å². The summed E-state index contributed by atoms with van der Waals surface area (Å²) in [5.41, 5.74) is 7.63. The predicted molar refractivity (Wildman–Crippen MR) is 69.5 cm³/mol. The first-order chi connectivity index (χ1) is 7.69. The molecular weight excluding hydrogens is 224 g/mol. The maximum absolute atomic E-state index is 6.06. The van der Waals surface area contributed by atoms with Crippen LogP contribution in [0.2, 0.25) is 5.02 Å². The molecule has 0 amide bonds. The van der Waals surface area contributed by atoms with E-state index in [-0.39, 0.29) is 0 Å². The van der Waals surface area contributed by atoms with E-state index in [4.69, 9.17) is 22.1 Å². The zero-order valence-electron chi connectivity index (χ0n) is 9.85. The van der Waals surface area contributed by atoms with Crippen LogP contribution in [0.4, 0.5) is 5.69 Å². The third-order valence-electron chi connectivity index (χ3n) is 2.45. The standard InChI is InChI=1S/C12H19ClN2O/c1-9-7-12(16-2)10(13)8-11(9)15-6-4-3-5-14/h7-8,15H,3-6,14H2,1-2H3. The molecule has 0 saturated heterocycles. The maximum Gasteiger partial charge on any atom is 0.137 e. The van der Waals surface area contributed by atoms with Gasteiger partial charge in [0.2, 0.25) is 0 Å². The second-order valence-corrected chi connectivity index (χ2v) is 4.13. The molecule has 0 spiro atoms. The third kappa shape index (κ3) is 3.58. The Morgan fingerprint density at radius 2 is 2.12 bits per heavy atom. The van der Waals surface area contributed by atoms with Gasteiger partial charge in [0, 0.05) is 12.2 Å². The smallest absolute Gasteiger partial charge is 0.137 e. The summed E-state index contributed by atoms with van der Waals surface area (Å²) in [7, 11) is 1.62. The van der Waals surface area contributed by atoms with Crippen molar-refractivity contribution in [3.8, 4) is 5.75 Å². The van der Waals surface area contributed by atoms with Gasteiger partial charge in [-0.3, -0.25) is 0 Å². The number of methoxy groups -OCH3 is 1. The van der Waals surface area contributed by atoms with Gasteiger partial charge >= 0.3 is 0 Å². The SMILES string of the molecule is COc1cc(C)c(NCCCCN)cc1Cl. The van der Waals surface area contributed by atoms with E-state index in [1.807, 2.05) is 19.1 Å². The minimum Gasteiger partial charge on any atom is -0.495 e. The van der Waals surface area contributed by atoms with Crippen LogP contribution >= 0.6 is 11.6 Å². The van der Waals surface area contributed by atoms with Crippen molar-refractivity contribution in [1.82, 2.24) is 0 Å². The van der Waals surface area contributed by atoms with Gasteiger partial charge in [-0.15, -0.1) is 0 Å². The van der Waals surface area contributed by atoms with Crippen LogP contribution in [-0.4, -0.2) is 20.2 Å². The molecule has 0 unspecified atom stereocenters. The summed E-state index contributed by atoms with van der Waals surface area (Å²) in [6.07, 6.45) is 2.11. The van der Waals surface area contributed by atoms with Crippen LogP contribution in [0.25, 0.3) is 0 Å². The highest BCUT2D eigenvalue weighted by molar-refractivity contribution is 6.32. The van der Waals surface area contributed by atoms with Crippen LogP contribution in [0.15, 0.2) is 12.1 Å². The molecule has 16 heavy (non-hydrogen) atoms. The zero-order valence-corrected chi connectivity index (χ0v) is 10.6. The van der Waals surface area contributed by atoms with E-state index < -0.39 is 0 Å². The molecule has 4 heteroatoms. The van der Waals surface area contributed by atoms with Crippen molar-refractivity contribution in [2.24, 2.45) is 5.73 Å². The topological polar surface area (TPSA) is 47.3 Å². The number of hydrogen-bond donors (Lipinski definition) is 2. The van der Waals surface area contributed by atoms with Crippen molar-refractivity contribution < 1.29 is 4.74 Å². The van der Waals surface area contributed by atoms with Gasteiger partial charge in [0.05, 0.1) is 12.1 Å². The molecule has 0 fully saturated rings. The van der Waals surface area contributed by atoms with Gasteiger partial charge in [0.1, 0.15) is 5.75 Å². The highest BCUT2D eigenvalue weighted by Crippen LogP contribution is 2.30. The van der Waals surface area contributed by atoms with Gasteiger partial charge in [-0.25, -0.2) is 0 Å². The minimum absolute atomic E-state index is 0.634. The van der Waals surface area contributed by atoms with E-state index in [0.717, 1.165) is 37.2 Å². The highest BCUT2D eigenvalue weighted by atomic mass is 35.5. The summed E-state index contributed by atoms with van der Waals surface area (Å²) < 4.78 is 5.15. The predicted octanol–water partition coefficient (Wildman–Crippen LogP) is 2.81. The molecule has 0 heterocycles. The lowest BCUT2D eigenvalue weighted by Gasteiger charge is -2.12. The van der Waals surface area contributed by atoms with Crippen LogP contribution in [0.3, 0.4) is 0 Å². The summed E-state index contributed by atoms with van der Waals surface area (Å²) in [5.74, 6) is 0.715. The zero-order chi connectivity index (χ0) is 12.0. The van der Waals surface area contributed by atoms with Gasteiger partial charge < -0.3 is 15.8 Å². The van der Waals surface area contributed by atoms with Crippen LogP contribution in [-0.2, 0) is 0 Å². The Morgan fingerprint density at radius 1 is 1.38 bits per heavy atom. The average molecular weight is 243 g/mol. The molecule has 0 saturated carbocycles. The molecule has 0 radical (unpaired) electrons. The Labute approximate surface area is 102 Å². The van der Waals surface area contributed by atoms with Gasteiger partial charge in [0.15, 0.2) is 0 Å². The average Bonchev–Trinajstić information content (AvgIpc) is 2.28. The van der Waals surface area contributed by atoms with E-state index in [1.165, 1.54) is 0 Å². The monoisotopic (exact) mass is 242 g/mol. The summed E-state index contributed by atoms with van der Waals surface area (Å²) in [6, 6.07) is 3.84. The Balaban J connectivity index is 2.63. The molecule has 0 aliphatic rings. The van der Waals surface area contributed by atoms with Gasteiger partial charge in [-0.05, 0) is 44.0 Å². The molecule has 0 aliphatic heterocycles. The largest absolute Gasteiger partial charge is 0.495 e. The van der Waals surface area contributed by atoms with Crippen molar-refractivity contribution in [2.45, 2.75) is 19.8 Å². The molecule has 3 nitrogen and oxygen atoms in total. The van der Waals surface area contributed by atoms with E-state index in [0.29, 0.717) is 10.8 Å². The number of unbranched alkanes of at least 4 members (excludes halogenated alkanes) is 1. The summed E-state index contributed by atoms with van der Waals surface area (Å²) in [4.78, 5) is 0. The Bertz CT molecular complexity index is 342. The Hall–Kier alpha value is -0.930. The molecule has 0 aliphatic carbocycles. The minimum atomic E-state index is 0.634. The van der Waals surface area contributed by atoms with Crippen LogP contribution in [0.5, 0.6) is 5.75 Å². The molecule has 0 atom stereocenters. The first-order valence-electron chi connectivity index (χ1n) is 5.47. The summed E-state index contributed by atoms with van der Waals surface area (Å²) >= 11 is 6.06. The number of anilines is 1. The van der Waals surface area contributed by atoms with E-state index >= 15 is 0 Å². The number of hydrogen-bond acceptors (Lipinski definition) is 3. The fourth-order valence-corrected chi connectivity index (χ4v) is 1.74. The van der Waals surface area contributed by atoms with Gasteiger partial charge in [-0.2, -0.15) is 0 Å². The molecule has 90 valence electrons. The van der Waals surface area contributed by atoms with E-state index in [9.17, 15) is 0 Å². The van der Waals surface area contributed by atoms with Crippen molar-refractivity contribution in [2.75, 3.05) is 25.5 Å². The molecule has 1 aromatic rings. The fraction of sp³-hybridized carbons (Fsp3) is 0.500. The molecule has 1 rings (SSSR count). The van der Waals surface area contributed by atoms with Crippen molar-refractivity contribution in [3.63, 3.8) is 0 Å². The number of nitrogens with one attached hydrogen (secondary N) is 1. The summed E-state index contributed by atoms with van der Waals surface area (Å²) in [5, 5.41) is 3.98. The van der Waals surface area contributed by atoms with Crippen LogP contribution < -0.4 is 15.8 Å². The second-order valence-electron chi connectivity index (χ2n) is 3.72. The van der Waals surface area contributed by atoms with E-state index in [1.54, 1.807) is 7.11 Å². The normalized spacial score (nSPS) is 10.2. The number of halogens is 1. The molecule has 0 aromatic heterocycles. The first-order valence-corrected chi connectivity index (χ1v) is 5.85. The Kier molecular flexibility index (Phi) is 5.43. The molecule has 1 aromatic carbocycles. The quantitative estimate of drug-likeness (QED) is 0.755. The number of nitrogens with two attached hydrogens (primary N) is 1. The maximum atomic E-state index is 6.06. The van der Waals surface area contributed by atoms with Crippen LogP contribution in [0, 0.1) is 6.92 Å². The highest BCUT2D eigenvalue weighted by Gasteiger charge is 2.05. The lowest BCUT2D eigenvalue weighted by atomic mass is 10.2. The molecular formula is C12H19ClN2O. The number of ether oxygens (including phenoxy) is 1. The number of rotatable bonds is 6. The fourth-order valence-electron chi connectivity index (χ4n) is 1.49. The third-order valence-corrected chi connectivity index (χ3v) is 2.74.